The number of hydrogen-bond donors (Lipinski definition) is 0. The SMILES string of the molecule is Fc1cccc(-n2ccc(CN3CCCC(Cn4cncn4)C3)n2)c1. The van der Waals surface area contributed by atoms with Gasteiger partial charge in [0.15, 0.2) is 0 Å². The van der Waals surface area contributed by atoms with Crippen LogP contribution in [0.1, 0.15) is 18.5 Å². The number of rotatable bonds is 5. The van der Waals surface area contributed by atoms with Crippen LogP contribution in [-0.2, 0) is 13.1 Å². The second-order valence-electron chi connectivity index (χ2n) is 6.59. The van der Waals surface area contributed by atoms with E-state index in [0.29, 0.717) is 5.92 Å². The second kappa shape index (κ2) is 7.14. The predicted molar refractivity (Wildman–Crippen MR) is 91.5 cm³/mol. The van der Waals surface area contributed by atoms with Crippen molar-refractivity contribution in [1.29, 1.82) is 0 Å². The monoisotopic (exact) mass is 340 g/mol. The molecule has 0 bridgehead atoms. The predicted octanol–water partition coefficient (Wildman–Crippen LogP) is 2.52. The fraction of sp³-hybridized carbons (Fsp3) is 0.389. The van der Waals surface area contributed by atoms with Gasteiger partial charge in [0.05, 0.1) is 11.4 Å². The highest BCUT2D eigenvalue weighted by atomic mass is 19.1. The van der Waals surface area contributed by atoms with E-state index in [1.54, 1.807) is 23.4 Å². The Labute approximate surface area is 145 Å². The Kier molecular flexibility index (Phi) is 4.56. The summed E-state index contributed by atoms with van der Waals surface area (Å²) >= 11 is 0. The van der Waals surface area contributed by atoms with Crippen LogP contribution < -0.4 is 0 Å². The van der Waals surface area contributed by atoms with E-state index in [2.05, 4.69) is 20.1 Å². The quantitative estimate of drug-likeness (QED) is 0.716. The molecule has 0 amide bonds. The molecular weight excluding hydrogens is 319 g/mol. The summed E-state index contributed by atoms with van der Waals surface area (Å²) < 4.78 is 17.0. The highest BCUT2D eigenvalue weighted by Gasteiger charge is 2.21. The number of likely N-dealkylation sites (tertiary alicyclic amines) is 1. The fourth-order valence-corrected chi connectivity index (χ4v) is 3.47. The van der Waals surface area contributed by atoms with Crippen LogP contribution in [-0.4, -0.2) is 42.5 Å². The molecule has 3 heterocycles. The fourth-order valence-electron chi connectivity index (χ4n) is 3.47. The molecule has 0 aliphatic carbocycles. The summed E-state index contributed by atoms with van der Waals surface area (Å²) in [5.74, 6) is 0.335. The van der Waals surface area contributed by atoms with Crippen molar-refractivity contribution in [2.45, 2.75) is 25.9 Å². The van der Waals surface area contributed by atoms with Gasteiger partial charge in [-0.3, -0.25) is 9.58 Å². The van der Waals surface area contributed by atoms with Crippen molar-refractivity contribution in [2.24, 2.45) is 5.92 Å². The lowest BCUT2D eigenvalue weighted by Crippen LogP contribution is -2.36. The van der Waals surface area contributed by atoms with Gasteiger partial charge < -0.3 is 0 Å². The highest BCUT2D eigenvalue weighted by molar-refractivity contribution is 5.31. The van der Waals surface area contributed by atoms with Gasteiger partial charge in [-0.15, -0.1) is 0 Å². The van der Waals surface area contributed by atoms with Crippen molar-refractivity contribution < 1.29 is 4.39 Å². The molecule has 0 radical (unpaired) electrons. The molecule has 1 aromatic carbocycles. The van der Waals surface area contributed by atoms with Crippen LogP contribution in [0.15, 0.2) is 49.2 Å². The van der Waals surface area contributed by atoms with Crippen molar-refractivity contribution in [1.82, 2.24) is 29.4 Å². The molecule has 1 aliphatic rings. The molecule has 25 heavy (non-hydrogen) atoms. The molecular formula is C18H21FN6. The van der Waals surface area contributed by atoms with Gasteiger partial charge in [0, 0.05) is 25.8 Å². The number of nitrogens with zero attached hydrogens (tertiary/aromatic N) is 6. The minimum Gasteiger partial charge on any atom is -0.297 e. The van der Waals surface area contributed by atoms with E-state index in [4.69, 9.17) is 0 Å². The van der Waals surface area contributed by atoms with Gasteiger partial charge in [-0.1, -0.05) is 6.07 Å². The maximum Gasteiger partial charge on any atom is 0.137 e. The molecule has 0 N–H and O–H groups in total. The Morgan fingerprint density at radius 1 is 1.24 bits per heavy atom. The lowest BCUT2D eigenvalue weighted by atomic mass is 9.98. The average Bonchev–Trinajstić information content (AvgIpc) is 3.27. The van der Waals surface area contributed by atoms with E-state index in [0.717, 1.165) is 37.6 Å². The van der Waals surface area contributed by atoms with Crippen LogP contribution >= 0.6 is 0 Å². The summed E-state index contributed by atoms with van der Waals surface area (Å²) in [6.45, 7) is 3.85. The van der Waals surface area contributed by atoms with Gasteiger partial charge in [0.1, 0.15) is 18.5 Å². The third-order valence-corrected chi connectivity index (χ3v) is 4.62. The van der Waals surface area contributed by atoms with Crippen LogP contribution in [0.4, 0.5) is 4.39 Å². The molecule has 130 valence electrons. The average molecular weight is 340 g/mol. The zero-order valence-corrected chi connectivity index (χ0v) is 14.0. The Bertz CT molecular complexity index is 813. The maximum atomic E-state index is 13.4. The number of aromatic nitrogens is 5. The van der Waals surface area contributed by atoms with Crippen LogP contribution in [0.3, 0.4) is 0 Å². The normalized spacial score (nSPS) is 18.5. The summed E-state index contributed by atoms with van der Waals surface area (Å²) in [7, 11) is 0. The van der Waals surface area contributed by atoms with Crippen LogP contribution in [0.25, 0.3) is 5.69 Å². The Hall–Kier alpha value is -2.54. The second-order valence-corrected chi connectivity index (χ2v) is 6.59. The molecule has 0 spiro atoms. The zero-order valence-electron chi connectivity index (χ0n) is 14.0. The van der Waals surface area contributed by atoms with Gasteiger partial charge in [0.2, 0.25) is 0 Å². The lowest BCUT2D eigenvalue weighted by molar-refractivity contribution is 0.151. The molecule has 1 saturated heterocycles. The first kappa shape index (κ1) is 16.0. The molecule has 1 unspecified atom stereocenters. The number of benzene rings is 1. The lowest BCUT2D eigenvalue weighted by Gasteiger charge is -2.32. The first-order chi connectivity index (χ1) is 12.3. The molecule has 1 atom stereocenters. The van der Waals surface area contributed by atoms with Gasteiger partial charge in [0.25, 0.3) is 0 Å². The summed E-state index contributed by atoms with van der Waals surface area (Å²) in [5.41, 5.74) is 1.75. The molecule has 4 rings (SSSR count). The Morgan fingerprint density at radius 3 is 3.04 bits per heavy atom. The van der Waals surface area contributed by atoms with Crippen LogP contribution in [0, 0.1) is 11.7 Å². The van der Waals surface area contributed by atoms with E-state index in [1.165, 1.54) is 25.0 Å². The number of hydrogen-bond acceptors (Lipinski definition) is 4. The van der Waals surface area contributed by atoms with Crippen molar-refractivity contribution in [3.63, 3.8) is 0 Å². The number of piperidine rings is 1. The minimum absolute atomic E-state index is 0.249. The molecule has 1 aliphatic heterocycles. The standard InChI is InChI=1S/C18H21FN6/c19-16-4-1-5-18(9-16)25-8-6-17(22-25)12-23-7-2-3-15(10-23)11-24-14-20-13-21-24/h1,4-6,8-9,13-15H,2-3,7,10-12H2. The van der Waals surface area contributed by atoms with Gasteiger partial charge in [-0.05, 0) is 49.6 Å². The van der Waals surface area contributed by atoms with E-state index in [1.807, 2.05) is 23.0 Å². The van der Waals surface area contributed by atoms with E-state index in [9.17, 15) is 4.39 Å². The van der Waals surface area contributed by atoms with Crippen LogP contribution in [0.2, 0.25) is 0 Å². The molecule has 3 aromatic rings. The zero-order chi connectivity index (χ0) is 17.1. The third-order valence-electron chi connectivity index (χ3n) is 4.62. The summed E-state index contributed by atoms with van der Waals surface area (Å²) in [6, 6.07) is 8.50. The summed E-state index contributed by atoms with van der Waals surface area (Å²) in [6.07, 6.45) is 7.65. The molecule has 0 saturated carbocycles. The van der Waals surface area contributed by atoms with Crippen LogP contribution in [0.5, 0.6) is 0 Å². The molecule has 2 aromatic heterocycles. The summed E-state index contributed by atoms with van der Waals surface area (Å²) in [4.78, 5) is 6.44. The van der Waals surface area contributed by atoms with Crippen molar-refractivity contribution >= 4 is 0 Å². The third kappa shape index (κ3) is 3.93. The van der Waals surface area contributed by atoms with Gasteiger partial charge in [-0.2, -0.15) is 10.2 Å². The minimum atomic E-state index is -0.249. The van der Waals surface area contributed by atoms with Crippen molar-refractivity contribution in [3.05, 3.63) is 60.7 Å². The van der Waals surface area contributed by atoms with E-state index in [-0.39, 0.29) is 5.82 Å². The molecule has 7 heteroatoms. The molecule has 6 nitrogen and oxygen atoms in total. The van der Waals surface area contributed by atoms with Crippen molar-refractivity contribution in [3.8, 4) is 5.69 Å². The highest BCUT2D eigenvalue weighted by Crippen LogP contribution is 2.20. The Balaban J connectivity index is 1.38. The van der Waals surface area contributed by atoms with Gasteiger partial charge >= 0.3 is 0 Å². The smallest absolute Gasteiger partial charge is 0.137 e. The first-order valence-corrected chi connectivity index (χ1v) is 8.61. The Morgan fingerprint density at radius 2 is 2.20 bits per heavy atom. The van der Waals surface area contributed by atoms with E-state index >= 15 is 0 Å². The van der Waals surface area contributed by atoms with Crippen molar-refractivity contribution in [2.75, 3.05) is 13.1 Å². The topological polar surface area (TPSA) is 51.8 Å². The molecule has 1 fully saturated rings. The maximum absolute atomic E-state index is 13.4. The van der Waals surface area contributed by atoms with Gasteiger partial charge in [-0.25, -0.2) is 14.1 Å². The largest absolute Gasteiger partial charge is 0.297 e. The number of halogens is 1. The van der Waals surface area contributed by atoms with E-state index < -0.39 is 0 Å². The first-order valence-electron chi connectivity index (χ1n) is 8.61. The summed E-state index contributed by atoms with van der Waals surface area (Å²) in [5, 5.41) is 8.80.